The number of ether oxygens (including phenoxy) is 1. The molecular formula is C9H11N3O3. The molecule has 15 heavy (non-hydrogen) atoms. The normalized spacial score (nSPS) is 20.3. The van der Waals surface area contributed by atoms with Crippen molar-refractivity contribution in [2.24, 2.45) is 5.73 Å². The molecule has 0 bridgehead atoms. The van der Waals surface area contributed by atoms with Crippen LogP contribution in [0.25, 0.3) is 0 Å². The van der Waals surface area contributed by atoms with Gasteiger partial charge in [0.2, 0.25) is 0 Å². The summed E-state index contributed by atoms with van der Waals surface area (Å²) in [6.07, 6.45) is -0.311. The molecule has 2 N–H and O–H groups in total. The number of hydrogen-bond donors (Lipinski definition) is 1. The molecule has 0 saturated carbocycles. The van der Waals surface area contributed by atoms with Crippen molar-refractivity contribution in [1.82, 2.24) is 4.90 Å². The van der Waals surface area contributed by atoms with Crippen LogP contribution in [0.15, 0.2) is 5.70 Å². The number of carbonyl (C=O) groups is 1. The van der Waals surface area contributed by atoms with Crippen LogP contribution in [0.4, 0.5) is 4.79 Å². The van der Waals surface area contributed by atoms with Crippen molar-refractivity contribution >= 4 is 12.0 Å². The molecule has 6 nitrogen and oxygen atoms in total. The molecule has 1 amide bonds. The Morgan fingerprint density at radius 2 is 2.47 bits per heavy atom. The van der Waals surface area contributed by atoms with Crippen LogP contribution in [-0.2, 0) is 9.53 Å². The molecule has 0 radical (unpaired) electrons. The maximum absolute atomic E-state index is 10.7. The van der Waals surface area contributed by atoms with Gasteiger partial charge in [0, 0.05) is 6.54 Å². The summed E-state index contributed by atoms with van der Waals surface area (Å²) in [5, 5.41) is 8.53. The first-order valence-electron chi connectivity index (χ1n) is 4.52. The van der Waals surface area contributed by atoms with Crippen LogP contribution in [0, 0.1) is 11.3 Å². The highest BCUT2D eigenvalue weighted by molar-refractivity contribution is 5.66. The Balaban J connectivity index is 2.77. The predicted octanol–water partition coefficient (Wildman–Crippen LogP) is -0.215. The van der Waals surface area contributed by atoms with Gasteiger partial charge in [-0.05, 0) is 12.8 Å². The highest BCUT2D eigenvalue weighted by Crippen LogP contribution is 2.21. The Labute approximate surface area is 86.9 Å². The highest BCUT2D eigenvalue weighted by atomic mass is 16.6. The average Bonchev–Trinajstić information content (AvgIpc) is 2.18. The standard InChI is InChI=1S/C9H11N3O3/c10-3-5-12-4-1-2-8(7(12)6-13)15-9(11)14/h8H,1-2,4-5H2,(H2,11,14)/t8-/m1/s1. The fourth-order valence-electron chi connectivity index (χ4n) is 1.56. The Kier molecular flexibility index (Phi) is 3.72. The topological polar surface area (TPSA) is 96.4 Å². The van der Waals surface area contributed by atoms with Crippen LogP contribution in [0.1, 0.15) is 12.8 Å². The van der Waals surface area contributed by atoms with Gasteiger partial charge in [0.15, 0.2) is 6.10 Å². The Morgan fingerprint density at radius 3 is 3.00 bits per heavy atom. The number of hydrogen-bond acceptors (Lipinski definition) is 5. The van der Waals surface area contributed by atoms with Crippen LogP contribution < -0.4 is 5.73 Å². The summed E-state index contributed by atoms with van der Waals surface area (Å²) in [5.41, 5.74) is 5.07. The first-order valence-corrected chi connectivity index (χ1v) is 4.52. The number of likely N-dealkylation sites (tertiary alicyclic amines) is 1. The van der Waals surface area contributed by atoms with Crippen molar-refractivity contribution < 1.29 is 14.3 Å². The minimum Gasteiger partial charge on any atom is -0.439 e. The maximum atomic E-state index is 10.7. The Hall–Kier alpha value is -1.99. The van der Waals surface area contributed by atoms with Gasteiger partial charge in [-0.15, -0.1) is 0 Å². The van der Waals surface area contributed by atoms with E-state index in [9.17, 15) is 9.59 Å². The fourth-order valence-corrected chi connectivity index (χ4v) is 1.56. The molecule has 0 spiro atoms. The summed E-state index contributed by atoms with van der Waals surface area (Å²) < 4.78 is 4.76. The molecule has 1 atom stereocenters. The number of amides is 1. The quantitative estimate of drug-likeness (QED) is 0.501. The molecule has 1 saturated heterocycles. The summed E-state index contributed by atoms with van der Waals surface area (Å²) in [7, 11) is 0. The van der Waals surface area contributed by atoms with Crippen LogP contribution in [0.5, 0.6) is 0 Å². The summed E-state index contributed by atoms with van der Waals surface area (Å²) >= 11 is 0. The monoisotopic (exact) mass is 209 g/mol. The third kappa shape index (κ3) is 2.73. The van der Waals surface area contributed by atoms with E-state index in [1.807, 2.05) is 6.07 Å². The van der Waals surface area contributed by atoms with Crippen molar-refractivity contribution in [3.63, 3.8) is 0 Å². The number of primary amides is 1. The first kappa shape index (κ1) is 11.1. The van der Waals surface area contributed by atoms with E-state index in [0.29, 0.717) is 13.0 Å². The van der Waals surface area contributed by atoms with E-state index in [1.165, 1.54) is 0 Å². The summed E-state index contributed by atoms with van der Waals surface area (Å²) in [6.45, 7) is 0.681. The van der Waals surface area contributed by atoms with E-state index in [-0.39, 0.29) is 12.2 Å². The van der Waals surface area contributed by atoms with E-state index in [0.717, 1.165) is 6.42 Å². The third-order valence-corrected chi connectivity index (χ3v) is 2.16. The lowest BCUT2D eigenvalue weighted by Crippen LogP contribution is -2.39. The number of carbonyl (C=O) groups excluding carboxylic acids is 2. The molecular weight excluding hydrogens is 198 g/mol. The summed E-state index contributed by atoms with van der Waals surface area (Å²) in [6, 6.07) is 1.93. The molecule has 80 valence electrons. The predicted molar refractivity (Wildman–Crippen MR) is 50.1 cm³/mol. The zero-order valence-corrected chi connectivity index (χ0v) is 8.10. The molecule has 1 heterocycles. The van der Waals surface area contributed by atoms with Crippen molar-refractivity contribution in [1.29, 1.82) is 5.26 Å². The number of nitriles is 1. The number of piperidine rings is 1. The van der Waals surface area contributed by atoms with Crippen LogP contribution >= 0.6 is 0 Å². The van der Waals surface area contributed by atoms with Gasteiger partial charge >= 0.3 is 6.09 Å². The van der Waals surface area contributed by atoms with Gasteiger partial charge in [-0.3, -0.25) is 0 Å². The van der Waals surface area contributed by atoms with Crippen molar-refractivity contribution in [2.75, 3.05) is 13.1 Å². The third-order valence-electron chi connectivity index (χ3n) is 2.16. The second-order valence-corrected chi connectivity index (χ2v) is 3.13. The molecule has 0 unspecified atom stereocenters. The Bertz CT molecular complexity index is 341. The number of rotatable bonds is 2. The minimum absolute atomic E-state index is 0.0865. The summed E-state index contributed by atoms with van der Waals surface area (Å²) in [5.74, 6) is 1.70. The maximum Gasteiger partial charge on any atom is 0.405 e. The van der Waals surface area contributed by atoms with Crippen molar-refractivity contribution in [2.45, 2.75) is 18.9 Å². The van der Waals surface area contributed by atoms with Crippen molar-refractivity contribution in [3.05, 3.63) is 5.70 Å². The van der Waals surface area contributed by atoms with Crippen LogP contribution in [0.2, 0.25) is 0 Å². The van der Waals surface area contributed by atoms with Gasteiger partial charge in [-0.1, -0.05) is 0 Å². The van der Waals surface area contributed by atoms with Crippen LogP contribution in [0.3, 0.4) is 0 Å². The second-order valence-electron chi connectivity index (χ2n) is 3.13. The fraction of sp³-hybridized carbons (Fsp3) is 0.556. The van der Waals surface area contributed by atoms with E-state index in [4.69, 9.17) is 15.7 Å². The van der Waals surface area contributed by atoms with Gasteiger partial charge in [-0.25, -0.2) is 9.59 Å². The smallest absolute Gasteiger partial charge is 0.405 e. The Morgan fingerprint density at radius 1 is 1.73 bits per heavy atom. The zero-order valence-electron chi connectivity index (χ0n) is 8.10. The molecule has 6 heteroatoms. The molecule has 0 aliphatic carbocycles. The van der Waals surface area contributed by atoms with Crippen molar-refractivity contribution in [3.8, 4) is 6.07 Å². The number of nitrogens with zero attached hydrogens (tertiary/aromatic N) is 2. The molecule has 1 aliphatic rings. The van der Waals surface area contributed by atoms with Gasteiger partial charge in [0.25, 0.3) is 0 Å². The van der Waals surface area contributed by atoms with E-state index < -0.39 is 12.2 Å². The summed E-state index contributed by atoms with van der Waals surface area (Å²) in [4.78, 5) is 22.8. The molecule has 0 aromatic carbocycles. The lowest BCUT2D eigenvalue weighted by molar-refractivity contribution is 0.0861. The van der Waals surface area contributed by atoms with Gasteiger partial charge < -0.3 is 15.4 Å². The highest BCUT2D eigenvalue weighted by Gasteiger charge is 2.28. The van der Waals surface area contributed by atoms with Gasteiger partial charge in [0.05, 0.1) is 6.07 Å². The SMILES string of the molecule is N#CCN1CCC[C@@H](OC(N)=O)C1=C=O. The lowest BCUT2D eigenvalue weighted by atomic mass is 10.1. The molecule has 0 aromatic rings. The molecule has 0 aromatic heterocycles. The second kappa shape index (κ2) is 5.03. The number of nitrogens with two attached hydrogens (primary N) is 1. The van der Waals surface area contributed by atoms with Crippen LogP contribution in [-0.4, -0.2) is 36.1 Å². The molecule has 1 rings (SSSR count). The zero-order chi connectivity index (χ0) is 11.3. The largest absolute Gasteiger partial charge is 0.439 e. The van der Waals surface area contributed by atoms with Gasteiger partial charge in [-0.2, -0.15) is 5.26 Å². The van der Waals surface area contributed by atoms with E-state index in [1.54, 1.807) is 10.8 Å². The van der Waals surface area contributed by atoms with E-state index in [2.05, 4.69) is 0 Å². The lowest BCUT2D eigenvalue weighted by Gasteiger charge is -2.32. The molecule has 1 fully saturated rings. The van der Waals surface area contributed by atoms with Gasteiger partial charge in [0.1, 0.15) is 18.2 Å². The first-order chi connectivity index (χ1) is 7.19. The average molecular weight is 209 g/mol. The molecule has 1 aliphatic heterocycles. The minimum atomic E-state index is -0.924. The van der Waals surface area contributed by atoms with E-state index >= 15 is 0 Å².